The number of nitrogens with one attached hydrogen (secondary N) is 1. The molecule has 96 valence electrons. The Hall–Kier alpha value is -2.21. The van der Waals surface area contributed by atoms with Crippen molar-refractivity contribution in [1.29, 1.82) is 0 Å². The van der Waals surface area contributed by atoms with Crippen LogP contribution in [0.25, 0.3) is 0 Å². The lowest BCUT2D eigenvalue weighted by atomic mass is 10.2. The van der Waals surface area contributed by atoms with Crippen molar-refractivity contribution in [2.75, 3.05) is 29.9 Å². The van der Waals surface area contributed by atoms with Gasteiger partial charge in [0.2, 0.25) is 0 Å². The molecule has 0 aliphatic heterocycles. The summed E-state index contributed by atoms with van der Waals surface area (Å²) in [6.07, 6.45) is 0. The van der Waals surface area contributed by atoms with Gasteiger partial charge in [0, 0.05) is 6.54 Å². The predicted molar refractivity (Wildman–Crippen MR) is 72.2 cm³/mol. The fourth-order valence-electron chi connectivity index (χ4n) is 1.73. The average molecular weight is 247 g/mol. The molecule has 1 aromatic carbocycles. The van der Waals surface area contributed by atoms with Crippen LogP contribution in [0.4, 0.5) is 17.3 Å². The lowest BCUT2D eigenvalue weighted by Gasteiger charge is -2.09. The van der Waals surface area contributed by atoms with E-state index in [1.54, 1.807) is 4.68 Å². The third kappa shape index (κ3) is 2.54. The standard InChI is InChI=1S/C12H17N5O/c13-10-11(14)16-17(12(10)15-6-7-18)8-9-4-2-1-3-5-9/h1-5,15,18H,6-8,13H2,(H2,14,16). The van der Waals surface area contributed by atoms with Gasteiger partial charge in [0.05, 0.1) is 13.2 Å². The fourth-order valence-corrected chi connectivity index (χ4v) is 1.73. The van der Waals surface area contributed by atoms with Gasteiger partial charge in [0.15, 0.2) is 5.82 Å². The molecule has 0 bridgehead atoms. The molecule has 0 saturated heterocycles. The van der Waals surface area contributed by atoms with Crippen LogP contribution in [-0.4, -0.2) is 28.0 Å². The van der Waals surface area contributed by atoms with Crippen LogP contribution in [0.1, 0.15) is 5.56 Å². The molecule has 0 atom stereocenters. The van der Waals surface area contributed by atoms with Gasteiger partial charge in [0.25, 0.3) is 0 Å². The molecule has 0 unspecified atom stereocenters. The van der Waals surface area contributed by atoms with Crippen molar-refractivity contribution in [3.8, 4) is 0 Å². The van der Waals surface area contributed by atoms with E-state index in [0.717, 1.165) is 5.56 Å². The summed E-state index contributed by atoms with van der Waals surface area (Å²) in [7, 11) is 0. The number of nitrogens with zero attached hydrogens (tertiary/aromatic N) is 2. The maximum Gasteiger partial charge on any atom is 0.171 e. The summed E-state index contributed by atoms with van der Waals surface area (Å²) in [5.74, 6) is 0.941. The van der Waals surface area contributed by atoms with Crippen molar-refractivity contribution < 1.29 is 5.11 Å². The number of hydrogen-bond acceptors (Lipinski definition) is 5. The molecular formula is C12H17N5O. The van der Waals surface area contributed by atoms with Gasteiger partial charge < -0.3 is 21.9 Å². The molecular weight excluding hydrogens is 230 g/mol. The van der Waals surface area contributed by atoms with Gasteiger partial charge in [-0.1, -0.05) is 30.3 Å². The number of anilines is 3. The predicted octanol–water partition coefficient (Wildman–Crippen LogP) is 0.500. The SMILES string of the molecule is Nc1nn(Cc2ccccc2)c(NCCO)c1N. The molecule has 2 aromatic rings. The van der Waals surface area contributed by atoms with E-state index < -0.39 is 0 Å². The molecule has 0 radical (unpaired) electrons. The van der Waals surface area contributed by atoms with E-state index >= 15 is 0 Å². The Bertz CT molecular complexity index is 509. The average Bonchev–Trinajstić information content (AvgIpc) is 2.64. The third-order valence-corrected chi connectivity index (χ3v) is 2.60. The minimum absolute atomic E-state index is 0.0237. The molecule has 6 heteroatoms. The van der Waals surface area contributed by atoms with Gasteiger partial charge in [-0.2, -0.15) is 5.10 Å². The molecule has 0 fully saturated rings. The summed E-state index contributed by atoms with van der Waals surface area (Å²) in [6, 6.07) is 9.90. The smallest absolute Gasteiger partial charge is 0.171 e. The topological polar surface area (TPSA) is 102 Å². The Morgan fingerprint density at radius 3 is 2.61 bits per heavy atom. The second-order valence-electron chi connectivity index (χ2n) is 3.94. The Balaban J connectivity index is 2.24. The zero-order valence-electron chi connectivity index (χ0n) is 10.0. The molecule has 0 aliphatic rings. The summed E-state index contributed by atoms with van der Waals surface area (Å²) in [6.45, 7) is 1.01. The molecule has 0 spiro atoms. The van der Waals surface area contributed by atoms with Crippen molar-refractivity contribution in [1.82, 2.24) is 9.78 Å². The van der Waals surface area contributed by atoms with Gasteiger partial charge >= 0.3 is 0 Å². The van der Waals surface area contributed by atoms with Gasteiger partial charge in [-0.15, -0.1) is 0 Å². The first-order valence-electron chi connectivity index (χ1n) is 5.72. The number of nitrogens with two attached hydrogens (primary N) is 2. The van der Waals surface area contributed by atoms with E-state index in [-0.39, 0.29) is 6.61 Å². The van der Waals surface area contributed by atoms with Crippen molar-refractivity contribution in [3.63, 3.8) is 0 Å². The molecule has 0 saturated carbocycles. The second-order valence-corrected chi connectivity index (χ2v) is 3.94. The normalized spacial score (nSPS) is 10.5. The van der Waals surface area contributed by atoms with E-state index in [1.807, 2.05) is 30.3 Å². The van der Waals surface area contributed by atoms with Gasteiger partial charge in [-0.25, -0.2) is 4.68 Å². The van der Waals surface area contributed by atoms with E-state index in [2.05, 4.69) is 10.4 Å². The van der Waals surface area contributed by atoms with E-state index in [1.165, 1.54) is 0 Å². The maximum absolute atomic E-state index is 8.84. The Labute approximate surface area is 105 Å². The monoisotopic (exact) mass is 247 g/mol. The van der Waals surface area contributed by atoms with Crippen LogP contribution in [0.5, 0.6) is 0 Å². The second kappa shape index (κ2) is 5.42. The summed E-state index contributed by atoms with van der Waals surface area (Å²) in [5, 5.41) is 16.0. The first kappa shape index (κ1) is 12.3. The van der Waals surface area contributed by atoms with E-state index in [4.69, 9.17) is 16.6 Å². The molecule has 0 amide bonds. The number of aliphatic hydroxyl groups excluding tert-OH is 1. The Morgan fingerprint density at radius 2 is 1.94 bits per heavy atom. The largest absolute Gasteiger partial charge is 0.395 e. The van der Waals surface area contributed by atoms with Crippen LogP contribution in [0.2, 0.25) is 0 Å². The zero-order chi connectivity index (χ0) is 13.0. The van der Waals surface area contributed by atoms with Crippen molar-refractivity contribution in [2.45, 2.75) is 6.54 Å². The van der Waals surface area contributed by atoms with Crippen LogP contribution in [0.3, 0.4) is 0 Å². The van der Waals surface area contributed by atoms with Crippen LogP contribution in [-0.2, 0) is 6.54 Å². The molecule has 2 rings (SSSR count). The van der Waals surface area contributed by atoms with Crippen molar-refractivity contribution in [3.05, 3.63) is 35.9 Å². The first-order valence-corrected chi connectivity index (χ1v) is 5.72. The number of aromatic nitrogens is 2. The number of aliphatic hydroxyl groups is 1. The first-order chi connectivity index (χ1) is 8.72. The van der Waals surface area contributed by atoms with Gasteiger partial charge in [0.1, 0.15) is 11.5 Å². The Morgan fingerprint density at radius 1 is 1.22 bits per heavy atom. The van der Waals surface area contributed by atoms with Crippen LogP contribution >= 0.6 is 0 Å². The molecule has 18 heavy (non-hydrogen) atoms. The molecule has 0 aliphatic carbocycles. The highest BCUT2D eigenvalue weighted by atomic mass is 16.3. The fraction of sp³-hybridized carbons (Fsp3) is 0.250. The lowest BCUT2D eigenvalue weighted by Crippen LogP contribution is -2.13. The van der Waals surface area contributed by atoms with E-state index in [9.17, 15) is 0 Å². The number of benzene rings is 1. The van der Waals surface area contributed by atoms with E-state index in [0.29, 0.717) is 30.4 Å². The van der Waals surface area contributed by atoms with Crippen LogP contribution < -0.4 is 16.8 Å². The minimum atomic E-state index is 0.0237. The summed E-state index contributed by atoms with van der Waals surface area (Å²) in [5.41, 5.74) is 13.1. The van der Waals surface area contributed by atoms with Gasteiger partial charge in [-0.3, -0.25) is 0 Å². The lowest BCUT2D eigenvalue weighted by molar-refractivity contribution is 0.310. The van der Waals surface area contributed by atoms with Crippen LogP contribution in [0, 0.1) is 0 Å². The number of nitrogen functional groups attached to an aromatic ring is 2. The molecule has 1 aromatic heterocycles. The summed E-state index contributed by atoms with van der Waals surface area (Å²) >= 11 is 0. The van der Waals surface area contributed by atoms with Crippen molar-refractivity contribution >= 4 is 17.3 Å². The minimum Gasteiger partial charge on any atom is -0.395 e. The molecule has 1 heterocycles. The molecule has 6 N–H and O–H groups in total. The highest BCUT2D eigenvalue weighted by molar-refractivity contribution is 5.74. The van der Waals surface area contributed by atoms with Crippen molar-refractivity contribution in [2.24, 2.45) is 0 Å². The highest BCUT2D eigenvalue weighted by Crippen LogP contribution is 2.25. The number of rotatable bonds is 5. The highest BCUT2D eigenvalue weighted by Gasteiger charge is 2.12. The number of hydrogen-bond donors (Lipinski definition) is 4. The summed E-state index contributed by atoms with van der Waals surface area (Å²) < 4.78 is 1.70. The zero-order valence-corrected chi connectivity index (χ0v) is 10.0. The summed E-state index contributed by atoms with van der Waals surface area (Å²) in [4.78, 5) is 0. The quantitative estimate of drug-likeness (QED) is 0.616. The van der Waals surface area contributed by atoms with Gasteiger partial charge in [-0.05, 0) is 5.56 Å². The molecule has 6 nitrogen and oxygen atoms in total. The maximum atomic E-state index is 8.84. The third-order valence-electron chi connectivity index (χ3n) is 2.60. The Kier molecular flexibility index (Phi) is 3.69. The van der Waals surface area contributed by atoms with Crippen LogP contribution in [0.15, 0.2) is 30.3 Å².